The lowest BCUT2D eigenvalue weighted by molar-refractivity contribution is -0.280. The summed E-state index contributed by atoms with van der Waals surface area (Å²) >= 11 is 6.31. The first-order chi connectivity index (χ1) is 15.0. The fourth-order valence-electron chi connectivity index (χ4n) is 4.48. The van der Waals surface area contributed by atoms with Crippen molar-refractivity contribution in [3.63, 3.8) is 0 Å². The van der Waals surface area contributed by atoms with Crippen molar-refractivity contribution in [2.45, 2.75) is 43.9 Å². The van der Waals surface area contributed by atoms with Crippen molar-refractivity contribution in [3.8, 4) is 11.1 Å². The van der Waals surface area contributed by atoms with E-state index >= 15 is 0 Å². The van der Waals surface area contributed by atoms with Gasteiger partial charge < -0.3 is 14.8 Å². The van der Waals surface area contributed by atoms with E-state index in [-0.39, 0.29) is 11.6 Å². The van der Waals surface area contributed by atoms with Crippen molar-refractivity contribution < 1.29 is 9.47 Å². The largest absolute Gasteiger partial charge is 0.351 e. The number of benzene rings is 1. The van der Waals surface area contributed by atoms with E-state index in [1.54, 1.807) is 23.9 Å². The Labute approximate surface area is 185 Å². The van der Waals surface area contributed by atoms with Crippen LogP contribution in [0.2, 0.25) is 5.02 Å². The second kappa shape index (κ2) is 8.22. The van der Waals surface area contributed by atoms with Crippen molar-refractivity contribution >= 4 is 28.6 Å². The van der Waals surface area contributed by atoms with E-state index in [1.165, 1.54) is 0 Å². The number of aromatic nitrogens is 3. The second-order valence-electron chi connectivity index (χ2n) is 8.25. The van der Waals surface area contributed by atoms with Crippen molar-refractivity contribution in [3.05, 3.63) is 51.9 Å². The van der Waals surface area contributed by atoms with Crippen LogP contribution in [-0.4, -0.2) is 39.6 Å². The molecule has 8 heteroatoms. The van der Waals surface area contributed by atoms with E-state index in [1.807, 2.05) is 24.3 Å². The number of pyridine rings is 1. The average molecular weight is 441 g/mol. The third kappa shape index (κ3) is 3.93. The number of fused-ring (bicyclic) bond motifs is 1. The van der Waals surface area contributed by atoms with Crippen LogP contribution in [0, 0.1) is 0 Å². The first kappa shape index (κ1) is 20.4. The van der Waals surface area contributed by atoms with E-state index in [4.69, 9.17) is 21.1 Å². The number of ether oxygens (including phenoxy) is 2. The zero-order valence-electron chi connectivity index (χ0n) is 17.4. The summed E-state index contributed by atoms with van der Waals surface area (Å²) in [5.41, 5.74) is 1.69. The Morgan fingerprint density at radius 2 is 1.90 bits per heavy atom. The predicted octanol–water partition coefficient (Wildman–Crippen LogP) is 4.14. The standard InChI is InChI=1S/C23H25ClN4O3/c1-28-20-15(13-18(21(28)29)17-5-2-3-6-19(17)24)14-25-22(27-20)26-16-7-9-23(10-8-16)30-11-4-12-31-23/h2-3,5-6,13-14,16H,4,7-12H2,1H3,(H,25,26,27). The van der Waals surface area contributed by atoms with Gasteiger partial charge in [0, 0.05) is 53.7 Å². The summed E-state index contributed by atoms with van der Waals surface area (Å²) in [6, 6.07) is 9.39. The molecule has 3 aromatic rings. The van der Waals surface area contributed by atoms with Crippen molar-refractivity contribution in [2.75, 3.05) is 18.5 Å². The van der Waals surface area contributed by atoms with Crippen LogP contribution >= 0.6 is 11.6 Å². The molecule has 0 unspecified atom stereocenters. The Morgan fingerprint density at radius 3 is 2.65 bits per heavy atom. The van der Waals surface area contributed by atoms with Gasteiger partial charge in [0.2, 0.25) is 5.95 Å². The third-order valence-electron chi connectivity index (χ3n) is 6.21. The van der Waals surface area contributed by atoms with Crippen LogP contribution in [0.3, 0.4) is 0 Å². The average Bonchev–Trinajstić information content (AvgIpc) is 2.79. The van der Waals surface area contributed by atoms with Crippen LogP contribution < -0.4 is 10.9 Å². The van der Waals surface area contributed by atoms with Crippen LogP contribution in [0.25, 0.3) is 22.2 Å². The van der Waals surface area contributed by atoms with E-state index in [9.17, 15) is 4.79 Å². The summed E-state index contributed by atoms with van der Waals surface area (Å²) in [5.74, 6) is 0.124. The molecule has 2 aliphatic rings. The Kier molecular flexibility index (Phi) is 5.42. The predicted molar refractivity (Wildman–Crippen MR) is 120 cm³/mol. The molecular formula is C23H25ClN4O3. The van der Waals surface area contributed by atoms with E-state index in [0.29, 0.717) is 27.7 Å². The van der Waals surface area contributed by atoms with E-state index in [0.717, 1.165) is 50.7 Å². The molecule has 2 fully saturated rings. The topological polar surface area (TPSA) is 78.3 Å². The molecule has 0 amide bonds. The maximum Gasteiger partial charge on any atom is 0.259 e. The molecule has 1 aliphatic carbocycles. The minimum Gasteiger partial charge on any atom is -0.351 e. The molecule has 0 radical (unpaired) electrons. The molecule has 1 aromatic carbocycles. The second-order valence-corrected chi connectivity index (χ2v) is 8.66. The molecule has 0 bridgehead atoms. The van der Waals surface area contributed by atoms with Crippen molar-refractivity contribution in [1.82, 2.24) is 14.5 Å². The summed E-state index contributed by atoms with van der Waals surface area (Å²) < 4.78 is 13.4. The molecule has 5 rings (SSSR count). The normalized spacial score (nSPS) is 19.0. The van der Waals surface area contributed by atoms with Gasteiger partial charge in [0.05, 0.1) is 13.2 Å². The maximum atomic E-state index is 13.0. The van der Waals surface area contributed by atoms with Gasteiger partial charge in [-0.05, 0) is 31.4 Å². The highest BCUT2D eigenvalue weighted by molar-refractivity contribution is 6.33. The first-order valence-electron chi connectivity index (χ1n) is 10.7. The van der Waals surface area contributed by atoms with Crippen LogP contribution in [-0.2, 0) is 16.5 Å². The van der Waals surface area contributed by atoms with Gasteiger partial charge in [-0.2, -0.15) is 4.98 Å². The number of halogens is 1. The molecular weight excluding hydrogens is 416 g/mol. The Bertz CT molecular complexity index is 1160. The molecule has 1 spiro atoms. The van der Waals surface area contributed by atoms with Gasteiger partial charge in [-0.25, -0.2) is 4.98 Å². The maximum absolute atomic E-state index is 13.0. The van der Waals surface area contributed by atoms with Crippen molar-refractivity contribution in [1.29, 1.82) is 0 Å². The van der Waals surface area contributed by atoms with Gasteiger partial charge in [-0.3, -0.25) is 9.36 Å². The Hall–Kier alpha value is -2.48. The van der Waals surface area contributed by atoms with Gasteiger partial charge in [-0.1, -0.05) is 29.8 Å². The Balaban J connectivity index is 1.38. The third-order valence-corrected chi connectivity index (χ3v) is 6.54. The summed E-state index contributed by atoms with van der Waals surface area (Å²) in [7, 11) is 1.73. The van der Waals surface area contributed by atoms with Gasteiger partial charge >= 0.3 is 0 Å². The molecule has 1 aliphatic heterocycles. The van der Waals surface area contributed by atoms with E-state index < -0.39 is 5.79 Å². The van der Waals surface area contributed by atoms with Crippen LogP contribution in [0.4, 0.5) is 5.95 Å². The highest BCUT2D eigenvalue weighted by Gasteiger charge is 2.39. The summed E-state index contributed by atoms with van der Waals surface area (Å²) in [6.07, 6.45) is 6.28. The molecule has 162 valence electrons. The highest BCUT2D eigenvalue weighted by Crippen LogP contribution is 2.36. The molecule has 7 nitrogen and oxygen atoms in total. The minimum atomic E-state index is -0.403. The number of aryl methyl sites for hydroxylation is 1. The zero-order chi connectivity index (χ0) is 21.4. The van der Waals surface area contributed by atoms with Gasteiger partial charge in [0.1, 0.15) is 5.65 Å². The van der Waals surface area contributed by atoms with Gasteiger partial charge in [-0.15, -0.1) is 0 Å². The number of anilines is 1. The quantitative estimate of drug-likeness (QED) is 0.659. The molecule has 2 aromatic heterocycles. The van der Waals surface area contributed by atoms with Crippen molar-refractivity contribution in [2.24, 2.45) is 7.05 Å². The van der Waals surface area contributed by atoms with E-state index in [2.05, 4.69) is 15.3 Å². The molecule has 1 saturated carbocycles. The molecule has 0 atom stereocenters. The smallest absolute Gasteiger partial charge is 0.259 e. The number of hydrogen-bond donors (Lipinski definition) is 1. The molecule has 31 heavy (non-hydrogen) atoms. The lowest BCUT2D eigenvalue weighted by Gasteiger charge is -2.42. The Morgan fingerprint density at radius 1 is 1.16 bits per heavy atom. The zero-order valence-corrected chi connectivity index (χ0v) is 18.2. The number of nitrogens with zero attached hydrogens (tertiary/aromatic N) is 3. The summed E-state index contributed by atoms with van der Waals surface area (Å²) in [6.45, 7) is 1.55. The summed E-state index contributed by atoms with van der Waals surface area (Å²) in [4.78, 5) is 22.1. The lowest BCUT2D eigenvalue weighted by Crippen LogP contribution is -2.45. The summed E-state index contributed by atoms with van der Waals surface area (Å²) in [5, 5.41) is 4.75. The van der Waals surface area contributed by atoms with Crippen LogP contribution in [0.1, 0.15) is 32.1 Å². The lowest BCUT2D eigenvalue weighted by atomic mass is 9.89. The van der Waals surface area contributed by atoms with Crippen LogP contribution in [0.5, 0.6) is 0 Å². The number of rotatable bonds is 3. The highest BCUT2D eigenvalue weighted by atomic mass is 35.5. The number of nitrogens with one attached hydrogen (secondary N) is 1. The monoisotopic (exact) mass is 440 g/mol. The SMILES string of the molecule is Cn1c(=O)c(-c2ccccc2Cl)cc2cnc(NC3CCC4(CC3)OCCCO4)nc21. The van der Waals surface area contributed by atoms with Gasteiger partial charge in [0.25, 0.3) is 5.56 Å². The number of hydrogen-bond acceptors (Lipinski definition) is 6. The molecule has 1 N–H and O–H groups in total. The fourth-order valence-corrected chi connectivity index (χ4v) is 4.72. The van der Waals surface area contributed by atoms with Gasteiger partial charge in [0.15, 0.2) is 5.79 Å². The first-order valence-corrected chi connectivity index (χ1v) is 11.1. The molecule has 3 heterocycles. The van der Waals surface area contributed by atoms with Crippen LogP contribution in [0.15, 0.2) is 41.3 Å². The fraction of sp³-hybridized carbons (Fsp3) is 0.435. The molecule has 1 saturated heterocycles. The minimum absolute atomic E-state index is 0.142.